The van der Waals surface area contributed by atoms with Gasteiger partial charge in [0.1, 0.15) is 0 Å². The minimum atomic E-state index is -0.226. The summed E-state index contributed by atoms with van der Waals surface area (Å²) < 4.78 is 0. The molecule has 5 nitrogen and oxygen atoms in total. The second kappa shape index (κ2) is 6.77. The molecule has 0 aromatic carbocycles. The second-order valence-corrected chi connectivity index (χ2v) is 7.04. The third-order valence-corrected chi connectivity index (χ3v) is 4.89. The first kappa shape index (κ1) is 16.3. The molecule has 2 N–H and O–H groups in total. The molecule has 0 saturated carbocycles. The standard InChI is InChI=1S/C16H29N3O2/c1-12(2)14(20)19-10-4-13(5-11-19)18-15(21)16(3)6-8-17-9-7-16/h12-13,17H,4-11H2,1-3H3,(H,18,21). The number of rotatable bonds is 3. The summed E-state index contributed by atoms with van der Waals surface area (Å²) in [4.78, 5) is 26.4. The minimum Gasteiger partial charge on any atom is -0.353 e. The summed E-state index contributed by atoms with van der Waals surface area (Å²) in [5.74, 6) is 0.479. The number of nitrogens with one attached hydrogen (secondary N) is 2. The van der Waals surface area contributed by atoms with Crippen LogP contribution in [0.4, 0.5) is 0 Å². The van der Waals surface area contributed by atoms with Crippen LogP contribution in [0.25, 0.3) is 0 Å². The largest absolute Gasteiger partial charge is 0.353 e. The quantitative estimate of drug-likeness (QED) is 0.821. The Balaban J connectivity index is 1.80. The van der Waals surface area contributed by atoms with Gasteiger partial charge in [0.05, 0.1) is 0 Å². The summed E-state index contributed by atoms with van der Waals surface area (Å²) in [5.41, 5.74) is -0.226. The lowest BCUT2D eigenvalue weighted by Crippen LogP contribution is -2.52. The van der Waals surface area contributed by atoms with Crippen molar-refractivity contribution in [1.82, 2.24) is 15.5 Å². The van der Waals surface area contributed by atoms with E-state index in [0.717, 1.165) is 51.9 Å². The predicted molar refractivity (Wildman–Crippen MR) is 82.8 cm³/mol. The first-order chi connectivity index (χ1) is 9.92. The highest BCUT2D eigenvalue weighted by Gasteiger charge is 2.36. The van der Waals surface area contributed by atoms with E-state index in [9.17, 15) is 9.59 Å². The van der Waals surface area contributed by atoms with Crippen molar-refractivity contribution in [3.8, 4) is 0 Å². The molecule has 0 aromatic heterocycles. The minimum absolute atomic E-state index is 0.0600. The maximum atomic E-state index is 12.5. The van der Waals surface area contributed by atoms with Crippen molar-refractivity contribution in [2.24, 2.45) is 11.3 Å². The molecule has 0 radical (unpaired) electrons. The van der Waals surface area contributed by atoms with Gasteiger partial charge in [-0.25, -0.2) is 0 Å². The average molecular weight is 295 g/mol. The topological polar surface area (TPSA) is 61.4 Å². The Kier molecular flexibility index (Phi) is 5.25. The van der Waals surface area contributed by atoms with Gasteiger partial charge in [0.15, 0.2) is 0 Å². The van der Waals surface area contributed by atoms with Gasteiger partial charge in [-0.05, 0) is 38.8 Å². The molecular weight excluding hydrogens is 266 g/mol. The van der Waals surface area contributed by atoms with Crippen molar-refractivity contribution in [3.63, 3.8) is 0 Å². The number of amides is 2. The highest BCUT2D eigenvalue weighted by atomic mass is 16.2. The van der Waals surface area contributed by atoms with E-state index < -0.39 is 0 Å². The number of carbonyl (C=O) groups excluding carboxylic acids is 2. The van der Waals surface area contributed by atoms with E-state index >= 15 is 0 Å². The average Bonchev–Trinajstić information content (AvgIpc) is 2.48. The van der Waals surface area contributed by atoms with E-state index in [-0.39, 0.29) is 29.2 Å². The van der Waals surface area contributed by atoms with Crippen molar-refractivity contribution < 1.29 is 9.59 Å². The Morgan fingerprint density at radius 2 is 1.76 bits per heavy atom. The third-order valence-electron chi connectivity index (χ3n) is 4.89. The number of hydrogen-bond donors (Lipinski definition) is 2. The fourth-order valence-electron chi connectivity index (χ4n) is 3.17. The molecule has 2 saturated heterocycles. The molecule has 5 heteroatoms. The number of hydrogen-bond acceptors (Lipinski definition) is 3. The molecule has 0 aromatic rings. The lowest BCUT2D eigenvalue weighted by molar-refractivity contribution is -0.136. The summed E-state index contributed by atoms with van der Waals surface area (Å²) in [6, 6.07) is 0.223. The van der Waals surface area contributed by atoms with Gasteiger partial charge < -0.3 is 15.5 Å². The van der Waals surface area contributed by atoms with Crippen LogP contribution in [0.5, 0.6) is 0 Å². The Morgan fingerprint density at radius 3 is 2.29 bits per heavy atom. The van der Waals surface area contributed by atoms with Crippen LogP contribution < -0.4 is 10.6 Å². The van der Waals surface area contributed by atoms with Crippen LogP contribution in [0, 0.1) is 11.3 Å². The lowest BCUT2D eigenvalue weighted by Gasteiger charge is -2.37. The molecule has 2 fully saturated rings. The van der Waals surface area contributed by atoms with E-state index in [0.29, 0.717) is 0 Å². The van der Waals surface area contributed by atoms with Crippen molar-refractivity contribution in [1.29, 1.82) is 0 Å². The molecule has 120 valence electrons. The van der Waals surface area contributed by atoms with Gasteiger partial charge in [-0.15, -0.1) is 0 Å². The number of piperidine rings is 2. The van der Waals surface area contributed by atoms with Gasteiger partial charge in [0.2, 0.25) is 11.8 Å². The third kappa shape index (κ3) is 3.96. The zero-order valence-corrected chi connectivity index (χ0v) is 13.6. The Labute approximate surface area is 127 Å². The van der Waals surface area contributed by atoms with Crippen LogP contribution in [0.3, 0.4) is 0 Å². The Morgan fingerprint density at radius 1 is 1.19 bits per heavy atom. The highest BCUT2D eigenvalue weighted by molar-refractivity contribution is 5.82. The van der Waals surface area contributed by atoms with E-state index in [1.54, 1.807) is 0 Å². The molecule has 2 amide bonds. The van der Waals surface area contributed by atoms with Crippen LogP contribution in [0.2, 0.25) is 0 Å². The maximum absolute atomic E-state index is 12.5. The normalized spacial score (nSPS) is 23.1. The smallest absolute Gasteiger partial charge is 0.226 e. The van der Waals surface area contributed by atoms with E-state index in [1.807, 2.05) is 18.7 Å². The maximum Gasteiger partial charge on any atom is 0.226 e. The first-order valence-electron chi connectivity index (χ1n) is 8.23. The molecule has 2 aliphatic heterocycles. The summed E-state index contributed by atoms with van der Waals surface area (Å²) in [5, 5.41) is 6.52. The lowest BCUT2D eigenvalue weighted by atomic mass is 9.80. The van der Waals surface area contributed by atoms with Crippen molar-refractivity contribution in [2.45, 2.75) is 52.5 Å². The molecule has 21 heavy (non-hydrogen) atoms. The Hall–Kier alpha value is -1.10. The van der Waals surface area contributed by atoms with Gasteiger partial charge in [-0.2, -0.15) is 0 Å². The van der Waals surface area contributed by atoms with Crippen molar-refractivity contribution in [2.75, 3.05) is 26.2 Å². The molecular formula is C16H29N3O2. The summed E-state index contributed by atoms with van der Waals surface area (Å²) in [6.45, 7) is 9.32. The van der Waals surface area contributed by atoms with E-state index in [1.165, 1.54) is 0 Å². The summed E-state index contributed by atoms with van der Waals surface area (Å²) in [7, 11) is 0. The monoisotopic (exact) mass is 295 g/mol. The molecule has 0 aliphatic carbocycles. The van der Waals surface area contributed by atoms with E-state index in [2.05, 4.69) is 17.6 Å². The zero-order valence-electron chi connectivity index (χ0n) is 13.6. The zero-order chi connectivity index (χ0) is 15.5. The molecule has 0 bridgehead atoms. The molecule has 0 spiro atoms. The fraction of sp³-hybridized carbons (Fsp3) is 0.875. The molecule has 0 atom stereocenters. The summed E-state index contributed by atoms with van der Waals surface area (Å²) >= 11 is 0. The predicted octanol–water partition coefficient (Wildman–Crippen LogP) is 1.14. The Bertz CT molecular complexity index is 381. The molecule has 2 rings (SSSR count). The molecule has 2 heterocycles. The summed E-state index contributed by atoms with van der Waals surface area (Å²) in [6.07, 6.45) is 3.56. The number of nitrogens with zero attached hydrogens (tertiary/aromatic N) is 1. The van der Waals surface area contributed by atoms with Gasteiger partial charge in [-0.1, -0.05) is 20.8 Å². The van der Waals surface area contributed by atoms with Gasteiger partial charge in [0.25, 0.3) is 0 Å². The molecule has 0 unspecified atom stereocenters. The number of carbonyl (C=O) groups is 2. The molecule has 2 aliphatic rings. The first-order valence-corrected chi connectivity index (χ1v) is 8.23. The van der Waals surface area contributed by atoms with E-state index in [4.69, 9.17) is 0 Å². The van der Waals surface area contributed by atoms with Crippen LogP contribution >= 0.6 is 0 Å². The second-order valence-electron chi connectivity index (χ2n) is 7.04. The number of likely N-dealkylation sites (tertiary alicyclic amines) is 1. The van der Waals surface area contributed by atoms with Gasteiger partial charge in [-0.3, -0.25) is 9.59 Å². The fourth-order valence-corrected chi connectivity index (χ4v) is 3.17. The SMILES string of the molecule is CC(C)C(=O)N1CCC(NC(=O)C2(C)CCNCC2)CC1. The van der Waals surface area contributed by atoms with Crippen LogP contribution in [-0.4, -0.2) is 48.9 Å². The van der Waals surface area contributed by atoms with Crippen LogP contribution in [-0.2, 0) is 9.59 Å². The van der Waals surface area contributed by atoms with Crippen LogP contribution in [0.15, 0.2) is 0 Å². The van der Waals surface area contributed by atoms with Crippen LogP contribution in [0.1, 0.15) is 46.5 Å². The van der Waals surface area contributed by atoms with Gasteiger partial charge in [0, 0.05) is 30.5 Å². The van der Waals surface area contributed by atoms with Gasteiger partial charge >= 0.3 is 0 Å². The highest BCUT2D eigenvalue weighted by Crippen LogP contribution is 2.28. The van der Waals surface area contributed by atoms with Crippen molar-refractivity contribution in [3.05, 3.63) is 0 Å². The van der Waals surface area contributed by atoms with Crippen molar-refractivity contribution >= 4 is 11.8 Å².